The van der Waals surface area contributed by atoms with Gasteiger partial charge in [-0.2, -0.15) is 0 Å². The second-order valence-corrected chi connectivity index (χ2v) is 6.79. The van der Waals surface area contributed by atoms with Crippen LogP contribution in [0.2, 0.25) is 0 Å². The van der Waals surface area contributed by atoms with E-state index in [-0.39, 0.29) is 24.1 Å². The molecule has 1 unspecified atom stereocenters. The first-order valence-corrected chi connectivity index (χ1v) is 9.61. The SMILES string of the molecule is Cc1ccc(C(=O)C(C)OC(=O)CCCCCNC(=O)c2ccccc2)cc1. The average Bonchev–Trinajstić information content (AvgIpc) is 2.71. The van der Waals surface area contributed by atoms with Crippen LogP contribution < -0.4 is 5.32 Å². The van der Waals surface area contributed by atoms with Crippen LogP contribution in [0.5, 0.6) is 0 Å². The number of benzene rings is 2. The molecule has 0 saturated carbocycles. The van der Waals surface area contributed by atoms with Crippen LogP contribution in [0.3, 0.4) is 0 Å². The monoisotopic (exact) mass is 381 g/mol. The lowest BCUT2D eigenvalue weighted by atomic mass is 10.1. The van der Waals surface area contributed by atoms with Gasteiger partial charge in [-0.05, 0) is 38.8 Å². The predicted molar refractivity (Wildman–Crippen MR) is 108 cm³/mol. The minimum absolute atomic E-state index is 0.0940. The van der Waals surface area contributed by atoms with Gasteiger partial charge in [-0.25, -0.2) is 0 Å². The number of rotatable bonds is 10. The summed E-state index contributed by atoms with van der Waals surface area (Å²) in [6, 6.07) is 16.3. The van der Waals surface area contributed by atoms with E-state index in [1.807, 2.05) is 37.3 Å². The highest BCUT2D eigenvalue weighted by Crippen LogP contribution is 2.10. The quantitative estimate of drug-likeness (QED) is 0.382. The maximum absolute atomic E-state index is 12.3. The van der Waals surface area contributed by atoms with Gasteiger partial charge in [0.25, 0.3) is 5.91 Å². The van der Waals surface area contributed by atoms with Crippen molar-refractivity contribution in [3.63, 3.8) is 0 Å². The standard InChI is InChI=1S/C23H27NO4/c1-17-12-14-19(15-13-17)22(26)18(2)28-21(25)11-7-4-8-16-24-23(27)20-9-5-3-6-10-20/h3,5-6,9-10,12-15,18H,4,7-8,11,16H2,1-2H3,(H,24,27). The van der Waals surface area contributed by atoms with Crippen LogP contribution in [0, 0.1) is 6.92 Å². The van der Waals surface area contributed by atoms with Crippen molar-refractivity contribution in [2.45, 2.75) is 45.6 Å². The van der Waals surface area contributed by atoms with Crippen molar-refractivity contribution in [1.82, 2.24) is 5.32 Å². The Labute approximate surface area is 166 Å². The van der Waals surface area contributed by atoms with E-state index in [0.717, 1.165) is 18.4 Å². The Kier molecular flexibility index (Phi) is 8.40. The van der Waals surface area contributed by atoms with Gasteiger partial charge in [0.15, 0.2) is 6.10 Å². The molecule has 148 valence electrons. The number of ether oxygens (including phenoxy) is 1. The molecule has 0 aliphatic heterocycles. The zero-order valence-corrected chi connectivity index (χ0v) is 16.4. The number of carbonyl (C=O) groups is 3. The minimum Gasteiger partial charge on any atom is -0.454 e. The third-order valence-corrected chi connectivity index (χ3v) is 4.39. The summed E-state index contributed by atoms with van der Waals surface area (Å²) >= 11 is 0. The third kappa shape index (κ3) is 6.99. The molecule has 2 rings (SSSR count). The molecule has 0 fully saturated rings. The molecular formula is C23H27NO4. The highest BCUT2D eigenvalue weighted by molar-refractivity contribution is 6.00. The zero-order valence-electron chi connectivity index (χ0n) is 16.4. The van der Waals surface area contributed by atoms with Crippen molar-refractivity contribution in [2.75, 3.05) is 6.54 Å². The number of hydrogen-bond acceptors (Lipinski definition) is 4. The third-order valence-electron chi connectivity index (χ3n) is 4.39. The molecule has 5 nitrogen and oxygen atoms in total. The number of Topliss-reactive ketones (excluding diaryl/α,β-unsaturated/α-hetero) is 1. The normalized spacial score (nSPS) is 11.5. The first-order valence-electron chi connectivity index (χ1n) is 9.61. The highest BCUT2D eigenvalue weighted by Gasteiger charge is 2.19. The number of ketones is 1. The summed E-state index contributed by atoms with van der Waals surface area (Å²) in [5, 5.41) is 2.86. The Morgan fingerprint density at radius 3 is 2.25 bits per heavy atom. The Morgan fingerprint density at radius 1 is 0.893 bits per heavy atom. The number of esters is 1. The fourth-order valence-electron chi connectivity index (χ4n) is 2.73. The van der Waals surface area contributed by atoms with E-state index >= 15 is 0 Å². The summed E-state index contributed by atoms with van der Waals surface area (Å²) in [7, 11) is 0. The van der Waals surface area contributed by atoms with Crippen molar-refractivity contribution in [2.24, 2.45) is 0 Å². The Bertz CT molecular complexity index is 784. The molecule has 0 bridgehead atoms. The Balaban J connectivity index is 1.60. The van der Waals surface area contributed by atoms with Gasteiger partial charge in [0, 0.05) is 24.1 Å². The second-order valence-electron chi connectivity index (χ2n) is 6.79. The number of unbranched alkanes of at least 4 members (excludes halogenated alkanes) is 2. The number of amides is 1. The summed E-state index contributed by atoms with van der Waals surface area (Å²) in [6.45, 7) is 4.11. The van der Waals surface area contributed by atoms with Crippen molar-refractivity contribution in [3.8, 4) is 0 Å². The topological polar surface area (TPSA) is 72.5 Å². The molecule has 1 N–H and O–H groups in total. The van der Waals surface area contributed by atoms with Crippen molar-refractivity contribution >= 4 is 17.7 Å². The first-order chi connectivity index (χ1) is 13.5. The predicted octanol–water partition coefficient (Wildman–Crippen LogP) is 4.10. The maximum atomic E-state index is 12.3. The van der Waals surface area contributed by atoms with Crippen LogP contribution in [-0.2, 0) is 9.53 Å². The van der Waals surface area contributed by atoms with Crippen LogP contribution in [0.4, 0.5) is 0 Å². The molecular weight excluding hydrogens is 354 g/mol. The van der Waals surface area contributed by atoms with E-state index in [1.54, 1.807) is 31.2 Å². The Hall–Kier alpha value is -2.95. The molecule has 5 heteroatoms. The first kappa shape index (κ1) is 21.4. The fraction of sp³-hybridized carbons (Fsp3) is 0.348. The van der Waals surface area contributed by atoms with Crippen LogP contribution in [-0.4, -0.2) is 30.3 Å². The molecule has 0 radical (unpaired) electrons. The van der Waals surface area contributed by atoms with Crippen molar-refractivity contribution in [3.05, 3.63) is 71.3 Å². The molecule has 0 aromatic heterocycles. The van der Waals surface area contributed by atoms with E-state index in [9.17, 15) is 14.4 Å². The van der Waals surface area contributed by atoms with Gasteiger partial charge in [-0.15, -0.1) is 0 Å². The largest absolute Gasteiger partial charge is 0.454 e. The lowest BCUT2D eigenvalue weighted by Gasteiger charge is -2.12. The van der Waals surface area contributed by atoms with Crippen LogP contribution in [0.1, 0.15) is 58.9 Å². The van der Waals surface area contributed by atoms with Gasteiger partial charge in [-0.3, -0.25) is 14.4 Å². The molecule has 28 heavy (non-hydrogen) atoms. The molecule has 2 aromatic carbocycles. The molecule has 0 saturated heterocycles. The Morgan fingerprint density at radius 2 is 1.57 bits per heavy atom. The van der Waals surface area contributed by atoms with E-state index in [0.29, 0.717) is 24.1 Å². The van der Waals surface area contributed by atoms with Crippen molar-refractivity contribution in [1.29, 1.82) is 0 Å². The summed E-state index contributed by atoms with van der Waals surface area (Å²) in [4.78, 5) is 36.1. The van der Waals surface area contributed by atoms with Gasteiger partial charge in [0.1, 0.15) is 0 Å². The molecule has 0 aliphatic rings. The number of aryl methyl sites for hydroxylation is 1. The second kappa shape index (κ2) is 11.0. The van der Waals surface area contributed by atoms with Crippen molar-refractivity contribution < 1.29 is 19.1 Å². The number of nitrogens with one attached hydrogen (secondary N) is 1. The molecule has 1 atom stereocenters. The lowest BCUT2D eigenvalue weighted by Crippen LogP contribution is -2.25. The molecule has 2 aromatic rings. The van der Waals surface area contributed by atoms with Crippen LogP contribution in [0.15, 0.2) is 54.6 Å². The zero-order chi connectivity index (χ0) is 20.4. The van der Waals surface area contributed by atoms with E-state index in [4.69, 9.17) is 4.74 Å². The summed E-state index contributed by atoms with van der Waals surface area (Å²) in [5.41, 5.74) is 2.25. The molecule has 0 spiro atoms. The lowest BCUT2D eigenvalue weighted by molar-refractivity contribution is -0.146. The number of hydrogen-bond donors (Lipinski definition) is 1. The highest BCUT2D eigenvalue weighted by atomic mass is 16.5. The van der Waals surface area contributed by atoms with Gasteiger partial charge in [-0.1, -0.05) is 54.4 Å². The average molecular weight is 381 g/mol. The van der Waals surface area contributed by atoms with E-state index in [2.05, 4.69) is 5.32 Å². The maximum Gasteiger partial charge on any atom is 0.306 e. The van der Waals surface area contributed by atoms with E-state index in [1.165, 1.54) is 0 Å². The molecule has 1 amide bonds. The van der Waals surface area contributed by atoms with Gasteiger partial charge in [0.2, 0.25) is 5.78 Å². The molecule has 0 aliphatic carbocycles. The summed E-state index contributed by atoms with van der Waals surface area (Å²) in [6.07, 6.45) is 1.71. The molecule has 0 heterocycles. The number of carbonyl (C=O) groups excluding carboxylic acids is 3. The summed E-state index contributed by atoms with van der Waals surface area (Å²) < 4.78 is 5.24. The van der Waals surface area contributed by atoms with Gasteiger partial charge in [0.05, 0.1) is 0 Å². The minimum atomic E-state index is -0.791. The smallest absolute Gasteiger partial charge is 0.306 e. The van der Waals surface area contributed by atoms with E-state index < -0.39 is 6.10 Å². The van der Waals surface area contributed by atoms with Crippen LogP contribution >= 0.6 is 0 Å². The fourth-order valence-corrected chi connectivity index (χ4v) is 2.73. The summed E-state index contributed by atoms with van der Waals surface area (Å²) in [5.74, 6) is -0.665. The van der Waals surface area contributed by atoms with Crippen LogP contribution in [0.25, 0.3) is 0 Å². The van der Waals surface area contributed by atoms with Gasteiger partial charge < -0.3 is 10.1 Å². The van der Waals surface area contributed by atoms with Gasteiger partial charge >= 0.3 is 5.97 Å².